The molecule has 1 aromatic rings. The number of alkyl halides is 1. The molecule has 0 aromatic heterocycles. The van der Waals surface area contributed by atoms with Crippen LogP contribution >= 0.6 is 0 Å². The number of aliphatic hydroxyl groups is 1. The number of aliphatic hydroxyl groups excluding tert-OH is 1. The van der Waals surface area contributed by atoms with Crippen LogP contribution in [0.25, 0.3) is 0 Å². The summed E-state index contributed by atoms with van der Waals surface area (Å²) in [4.78, 5) is 30.2. The van der Waals surface area contributed by atoms with Gasteiger partial charge in [0, 0.05) is 30.5 Å². The molecule has 174 valence electrons. The molecule has 2 amide bonds. The number of nitrogens with zero attached hydrogens (tertiary/aromatic N) is 2. The van der Waals surface area contributed by atoms with Crippen LogP contribution in [-0.2, 0) is 19.9 Å². The molecule has 0 radical (unpaired) electrons. The van der Waals surface area contributed by atoms with E-state index in [2.05, 4.69) is 6.58 Å². The highest BCUT2D eigenvalue weighted by atomic mass is 19.1. The third-order valence-corrected chi connectivity index (χ3v) is 7.46. The van der Waals surface area contributed by atoms with Gasteiger partial charge in [0.05, 0.1) is 30.9 Å². The second kappa shape index (κ2) is 8.27. The van der Waals surface area contributed by atoms with Crippen molar-refractivity contribution < 1.29 is 23.8 Å². The molecule has 1 aromatic carbocycles. The largest absolute Gasteiger partial charge is 0.394 e. The van der Waals surface area contributed by atoms with E-state index in [1.54, 1.807) is 15.9 Å². The SMILES string of the molecule is C=CCN1C(=O)[C@]2(O[C@H](CC(=O)N3CCC[C@H]3CO)[C@@H](C(C)(C)F)[C@@H]2C)c2ccccc21. The van der Waals surface area contributed by atoms with Crippen molar-refractivity contribution >= 4 is 17.5 Å². The number of amides is 2. The number of carbonyl (C=O) groups is 2. The first-order chi connectivity index (χ1) is 15.2. The minimum absolute atomic E-state index is 0.0164. The number of likely N-dealkylation sites (tertiary alicyclic amines) is 1. The molecule has 5 atom stereocenters. The fraction of sp³-hybridized carbons (Fsp3) is 0.600. The van der Waals surface area contributed by atoms with Crippen LogP contribution in [0.3, 0.4) is 0 Å². The van der Waals surface area contributed by atoms with Gasteiger partial charge in [-0.2, -0.15) is 0 Å². The van der Waals surface area contributed by atoms with Crippen LogP contribution in [0.15, 0.2) is 36.9 Å². The Labute approximate surface area is 189 Å². The maximum atomic E-state index is 15.6. The topological polar surface area (TPSA) is 70.1 Å². The van der Waals surface area contributed by atoms with Gasteiger partial charge in [0.25, 0.3) is 5.91 Å². The van der Waals surface area contributed by atoms with Crippen LogP contribution in [-0.4, -0.2) is 59.3 Å². The fourth-order valence-corrected chi connectivity index (χ4v) is 6.16. The van der Waals surface area contributed by atoms with Crippen LogP contribution in [0.5, 0.6) is 0 Å². The molecule has 7 heteroatoms. The fourth-order valence-electron chi connectivity index (χ4n) is 6.16. The molecule has 32 heavy (non-hydrogen) atoms. The first-order valence-electron chi connectivity index (χ1n) is 11.5. The first-order valence-corrected chi connectivity index (χ1v) is 11.5. The predicted octanol–water partition coefficient (Wildman–Crippen LogP) is 3.19. The molecule has 3 heterocycles. The van der Waals surface area contributed by atoms with E-state index in [-0.39, 0.29) is 30.9 Å². The van der Waals surface area contributed by atoms with Gasteiger partial charge in [-0.1, -0.05) is 31.2 Å². The Hall–Kier alpha value is -2.25. The molecule has 0 unspecified atom stereocenters. The van der Waals surface area contributed by atoms with E-state index >= 15 is 4.39 Å². The summed E-state index contributed by atoms with van der Waals surface area (Å²) in [6.45, 7) is 9.43. The Morgan fingerprint density at radius 2 is 2.12 bits per heavy atom. The molecule has 0 aliphatic carbocycles. The van der Waals surface area contributed by atoms with Crippen LogP contribution in [0.4, 0.5) is 10.1 Å². The summed E-state index contributed by atoms with van der Waals surface area (Å²) < 4.78 is 22.1. The maximum Gasteiger partial charge on any atom is 0.264 e. The zero-order valence-electron chi connectivity index (χ0n) is 19.1. The molecule has 0 saturated carbocycles. The Balaban J connectivity index is 1.72. The van der Waals surface area contributed by atoms with Crippen molar-refractivity contribution in [3.05, 3.63) is 42.5 Å². The zero-order chi connectivity index (χ0) is 23.3. The first kappa shape index (κ1) is 22.9. The van der Waals surface area contributed by atoms with Crippen molar-refractivity contribution in [3.63, 3.8) is 0 Å². The van der Waals surface area contributed by atoms with E-state index in [9.17, 15) is 14.7 Å². The van der Waals surface area contributed by atoms with E-state index in [1.165, 1.54) is 13.8 Å². The number of para-hydroxylation sites is 1. The standard InChI is InChI=1S/C25H33FN2O4/c1-5-12-28-19-11-7-6-10-18(19)25(23(28)31)16(2)22(24(3,4)26)20(32-25)14-21(30)27-13-8-9-17(27)15-29/h5-7,10-11,16-17,20,22,29H,1,8-9,12-15H2,2-4H3/t16-,17-,20+,22-,25+/m0/s1. The average molecular weight is 445 g/mol. The Morgan fingerprint density at radius 3 is 2.78 bits per heavy atom. The van der Waals surface area contributed by atoms with Crippen LogP contribution in [0.2, 0.25) is 0 Å². The lowest BCUT2D eigenvalue weighted by molar-refractivity contribution is -0.150. The van der Waals surface area contributed by atoms with Crippen molar-refractivity contribution in [2.24, 2.45) is 11.8 Å². The number of fused-ring (bicyclic) bond motifs is 2. The molecular weight excluding hydrogens is 411 g/mol. The molecule has 2 saturated heterocycles. The minimum atomic E-state index is -1.66. The Bertz CT molecular complexity index is 913. The van der Waals surface area contributed by atoms with E-state index < -0.39 is 29.2 Å². The van der Waals surface area contributed by atoms with Gasteiger partial charge in [-0.05, 0) is 32.8 Å². The van der Waals surface area contributed by atoms with Crippen molar-refractivity contribution in [1.29, 1.82) is 0 Å². The number of hydrogen-bond donors (Lipinski definition) is 1. The lowest BCUT2D eigenvalue weighted by Crippen LogP contribution is -2.45. The quantitative estimate of drug-likeness (QED) is 0.685. The lowest BCUT2D eigenvalue weighted by atomic mass is 9.71. The van der Waals surface area contributed by atoms with Gasteiger partial charge < -0.3 is 19.6 Å². The monoisotopic (exact) mass is 444 g/mol. The van der Waals surface area contributed by atoms with Crippen LogP contribution < -0.4 is 4.90 Å². The summed E-state index contributed by atoms with van der Waals surface area (Å²) in [6.07, 6.45) is 2.49. The number of benzene rings is 1. The van der Waals surface area contributed by atoms with Crippen LogP contribution in [0.1, 0.15) is 45.6 Å². The van der Waals surface area contributed by atoms with Gasteiger partial charge in [0.1, 0.15) is 5.67 Å². The van der Waals surface area contributed by atoms with Gasteiger partial charge in [-0.3, -0.25) is 9.59 Å². The van der Waals surface area contributed by atoms with E-state index in [1.807, 2.05) is 31.2 Å². The number of ether oxygens (including phenoxy) is 1. The maximum absolute atomic E-state index is 15.6. The third kappa shape index (κ3) is 3.37. The van der Waals surface area contributed by atoms with E-state index in [0.717, 1.165) is 24.1 Å². The van der Waals surface area contributed by atoms with Gasteiger partial charge in [0.2, 0.25) is 5.91 Å². The number of halogens is 1. The molecule has 1 spiro atoms. The van der Waals surface area contributed by atoms with Crippen molar-refractivity contribution in [1.82, 2.24) is 4.90 Å². The number of carbonyl (C=O) groups excluding carboxylic acids is 2. The summed E-state index contributed by atoms with van der Waals surface area (Å²) in [7, 11) is 0. The highest BCUT2D eigenvalue weighted by Gasteiger charge is 2.66. The minimum Gasteiger partial charge on any atom is -0.394 e. The summed E-state index contributed by atoms with van der Waals surface area (Å²) in [5, 5.41) is 9.62. The summed E-state index contributed by atoms with van der Waals surface area (Å²) in [6, 6.07) is 7.24. The van der Waals surface area contributed by atoms with E-state index in [0.29, 0.717) is 13.1 Å². The third-order valence-electron chi connectivity index (χ3n) is 7.46. The average Bonchev–Trinajstić information content (AvgIpc) is 3.39. The highest BCUT2D eigenvalue weighted by Crippen LogP contribution is 2.58. The van der Waals surface area contributed by atoms with Crippen molar-refractivity contribution in [3.8, 4) is 0 Å². The molecule has 3 aliphatic heterocycles. The van der Waals surface area contributed by atoms with Crippen LogP contribution in [0, 0.1) is 11.8 Å². The molecule has 6 nitrogen and oxygen atoms in total. The van der Waals surface area contributed by atoms with Crippen molar-refractivity contribution in [2.45, 2.75) is 63.4 Å². The number of anilines is 1. The zero-order valence-corrected chi connectivity index (χ0v) is 19.1. The molecule has 1 N–H and O–H groups in total. The summed E-state index contributed by atoms with van der Waals surface area (Å²) in [5.41, 5.74) is -1.53. The van der Waals surface area contributed by atoms with Gasteiger partial charge in [-0.15, -0.1) is 6.58 Å². The smallest absolute Gasteiger partial charge is 0.264 e. The molecule has 0 bridgehead atoms. The Kier molecular flexibility index (Phi) is 5.92. The van der Waals surface area contributed by atoms with Gasteiger partial charge in [-0.25, -0.2) is 4.39 Å². The lowest BCUT2D eigenvalue weighted by Gasteiger charge is -2.32. The second-order valence-corrected chi connectivity index (χ2v) is 9.76. The highest BCUT2D eigenvalue weighted by molar-refractivity contribution is 6.07. The normalized spacial score (nSPS) is 32.1. The van der Waals surface area contributed by atoms with Gasteiger partial charge in [0.15, 0.2) is 5.60 Å². The van der Waals surface area contributed by atoms with Crippen molar-refractivity contribution in [2.75, 3.05) is 24.6 Å². The molecule has 4 rings (SSSR count). The molecular formula is C25H33FN2O4. The summed E-state index contributed by atoms with van der Waals surface area (Å²) >= 11 is 0. The Morgan fingerprint density at radius 1 is 1.41 bits per heavy atom. The molecule has 2 fully saturated rings. The van der Waals surface area contributed by atoms with E-state index in [4.69, 9.17) is 4.74 Å². The predicted molar refractivity (Wildman–Crippen MR) is 120 cm³/mol. The second-order valence-electron chi connectivity index (χ2n) is 9.76. The summed E-state index contributed by atoms with van der Waals surface area (Å²) in [5.74, 6) is -1.52. The molecule has 3 aliphatic rings. The number of rotatable bonds is 6. The van der Waals surface area contributed by atoms with Gasteiger partial charge >= 0.3 is 0 Å². The number of hydrogen-bond acceptors (Lipinski definition) is 4.